The van der Waals surface area contributed by atoms with E-state index < -0.39 is 10.0 Å². The number of sulfonamides is 1. The molecule has 6 nitrogen and oxygen atoms in total. The topological polar surface area (TPSA) is 84.5 Å². The highest BCUT2D eigenvalue weighted by molar-refractivity contribution is 7.89. The molecule has 1 amide bonds. The molecule has 1 atom stereocenters. The van der Waals surface area contributed by atoms with Gasteiger partial charge in [0.1, 0.15) is 5.75 Å². The normalized spacial score (nSPS) is 15.2. The molecule has 29 heavy (non-hydrogen) atoms. The highest BCUT2D eigenvalue weighted by atomic mass is 32.2. The smallest absolute Gasteiger partial charge is 0.244 e. The fourth-order valence-electron chi connectivity index (χ4n) is 2.91. The van der Waals surface area contributed by atoms with E-state index in [1.807, 2.05) is 31.2 Å². The zero-order chi connectivity index (χ0) is 20.9. The molecule has 1 unspecified atom stereocenters. The Morgan fingerprint density at radius 2 is 1.93 bits per heavy atom. The molecule has 154 valence electrons. The quantitative estimate of drug-likeness (QED) is 0.618. The molecule has 0 aromatic heterocycles. The van der Waals surface area contributed by atoms with Crippen LogP contribution in [0.4, 0.5) is 0 Å². The van der Waals surface area contributed by atoms with Crippen molar-refractivity contribution in [3.63, 3.8) is 0 Å². The molecule has 0 heterocycles. The summed E-state index contributed by atoms with van der Waals surface area (Å²) in [5.41, 5.74) is 1.84. The van der Waals surface area contributed by atoms with E-state index in [-0.39, 0.29) is 22.9 Å². The summed E-state index contributed by atoms with van der Waals surface area (Å²) in [5.74, 6) is 0.589. The molecular formula is C22H26N2O4S. The molecule has 0 bridgehead atoms. The zero-order valence-electron chi connectivity index (χ0n) is 16.6. The molecule has 1 saturated carbocycles. The van der Waals surface area contributed by atoms with Gasteiger partial charge in [0.05, 0.1) is 12.0 Å². The van der Waals surface area contributed by atoms with Gasteiger partial charge in [-0.05, 0) is 67.7 Å². The van der Waals surface area contributed by atoms with E-state index in [0.29, 0.717) is 6.42 Å². The van der Waals surface area contributed by atoms with Crippen LogP contribution in [0.2, 0.25) is 0 Å². The van der Waals surface area contributed by atoms with Crippen LogP contribution in [0.3, 0.4) is 0 Å². The summed E-state index contributed by atoms with van der Waals surface area (Å²) in [7, 11) is -1.83. The van der Waals surface area contributed by atoms with Gasteiger partial charge in [-0.25, -0.2) is 13.1 Å². The maximum Gasteiger partial charge on any atom is 0.244 e. The van der Waals surface area contributed by atoms with Crippen LogP contribution in [-0.4, -0.2) is 33.5 Å². The lowest BCUT2D eigenvalue weighted by Gasteiger charge is -2.13. The predicted octanol–water partition coefficient (Wildman–Crippen LogP) is 2.90. The predicted molar refractivity (Wildman–Crippen MR) is 113 cm³/mol. The molecular weight excluding hydrogens is 388 g/mol. The van der Waals surface area contributed by atoms with Crippen molar-refractivity contribution in [1.29, 1.82) is 0 Å². The number of ether oxygens (including phenoxy) is 1. The summed E-state index contributed by atoms with van der Waals surface area (Å²) in [4.78, 5) is 12.4. The fraction of sp³-hybridized carbons (Fsp3) is 0.318. The number of carbonyl (C=O) groups is 1. The van der Waals surface area contributed by atoms with Gasteiger partial charge in [-0.2, -0.15) is 0 Å². The lowest BCUT2D eigenvalue weighted by Crippen LogP contribution is -2.32. The van der Waals surface area contributed by atoms with Gasteiger partial charge >= 0.3 is 0 Å². The Balaban J connectivity index is 1.53. The van der Waals surface area contributed by atoms with Crippen LogP contribution in [0, 0.1) is 0 Å². The second-order valence-corrected chi connectivity index (χ2v) is 8.98. The van der Waals surface area contributed by atoms with Crippen molar-refractivity contribution >= 4 is 22.0 Å². The minimum absolute atomic E-state index is 0.0414. The van der Waals surface area contributed by atoms with Gasteiger partial charge in [-0.1, -0.05) is 24.3 Å². The molecule has 1 aliphatic rings. The number of amides is 1. The summed E-state index contributed by atoms with van der Waals surface area (Å²) in [5, 5.41) is 2.93. The van der Waals surface area contributed by atoms with Crippen LogP contribution in [0.15, 0.2) is 59.5 Å². The number of hydrogen-bond acceptors (Lipinski definition) is 4. The fourth-order valence-corrected chi connectivity index (χ4v) is 4.22. The maximum atomic E-state index is 12.2. The lowest BCUT2D eigenvalue weighted by atomic mass is 10.1. The monoisotopic (exact) mass is 414 g/mol. The Morgan fingerprint density at radius 1 is 1.21 bits per heavy atom. The Bertz CT molecular complexity index is 980. The van der Waals surface area contributed by atoms with E-state index in [1.165, 1.54) is 6.08 Å². The van der Waals surface area contributed by atoms with Gasteiger partial charge in [-0.3, -0.25) is 4.79 Å². The first-order valence-corrected chi connectivity index (χ1v) is 11.1. The summed E-state index contributed by atoms with van der Waals surface area (Å²) in [6, 6.07) is 14.3. The summed E-state index contributed by atoms with van der Waals surface area (Å²) >= 11 is 0. The molecule has 2 aromatic rings. The Morgan fingerprint density at radius 3 is 2.59 bits per heavy atom. The van der Waals surface area contributed by atoms with Crippen molar-refractivity contribution in [2.75, 3.05) is 7.11 Å². The largest absolute Gasteiger partial charge is 0.497 e. The molecule has 2 aromatic carbocycles. The Hall–Kier alpha value is -2.64. The lowest BCUT2D eigenvalue weighted by molar-refractivity contribution is -0.117. The van der Waals surface area contributed by atoms with E-state index in [2.05, 4.69) is 10.0 Å². The summed E-state index contributed by atoms with van der Waals surface area (Å²) in [6.07, 6.45) is 5.60. The first-order valence-electron chi connectivity index (χ1n) is 9.59. The Kier molecular flexibility index (Phi) is 6.71. The van der Waals surface area contributed by atoms with Gasteiger partial charge in [0, 0.05) is 18.2 Å². The van der Waals surface area contributed by atoms with Gasteiger partial charge < -0.3 is 10.1 Å². The number of benzene rings is 2. The third-order valence-corrected chi connectivity index (χ3v) is 6.12. The summed E-state index contributed by atoms with van der Waals surface area (Å²) in [6.45, 7) is 1.94. The highest BCUT2D eigenvalue weighted by Gasteiger charge is 2.27. The SMILES string of the molecule is COc1cccc(CC(C)NC(=O)/C=C/c2ccc(S(=O)(=O)NC3CC3)cc2)c1. The molecule has 2 N–H and O–H groups in total. The van der Waals surface area contributed by atoms with E-state index >= 15 is 0 Å². The van der Waals surface area contributed by atoms with Crippen molar-refractivity contribution < 1.29 is 17.9 Å². The third kappa shape index (κ3) is 6.44. The van der Waals surface area contributed by atoms with Crippen LogP contribution in [-0.2, 0) is 21.2 Å². The molecule has 0 spiro atoms. The van der Waals surface area contributed by atoms with Gasteiger partial charge in [0.2, 0.25) is 15.9 Å². The maximum absolute atomic E-state index is 12.2. The van der Waals surface area contributed by atoms with Gasteiger partial charge in [0.15, 0.2) is 0 Å². The minimum Gasteiger partial charge on any atom is -0.497 e. The van der Waals surface area contributed by atoms with E-state index in [9.17, 15) is 13.2 Å². The standard InChI is InChI=1S/C22H26N2O4S/c1-16(14-18-4-3-5-20(15-18)28-2)23-22(25)13-8-17-6-11-21(12-7-17)29(26,27)24-19-9-10-19/h3-8,11-13,15-16,19,24H,9-10,14H2,1-2H3,(H,23,25)/b13-8+. The van der Waals surface area contributed by atoms with Crippen molar-refractivity contribution in [2.24, 2.45) is 0 Å². The first-order chi connectivity index (χ1) is 13.9. The first kappa shape index (κ1) is 21.1. The molecule has 1 fully saturated rings. The number of hydrogen-bond donors (Lipinski definition) is 2. The van der Waals surface area contributed by atoms with Gasteiger partial charge in [-0.15, -0.1) is 0 Å². The van der Waals surface area contributed by atoms with Crippen LogP contribution in [0.1, 0.15) is 30.9 Å². The minimum atomic E-state index is -3.46. The van der Waals surface area contributed by atoms with Crippen LogP contribution < -0.4 is 14.8 Å². The van der Waals surface area contributed by atoms with Gasteiger partial charge in [0.25, 0.3) is 0 Å². The number of methoxy groups -OCH3 is 1. The van der Waals surface area contributed by atoms with Crippen molar-refractivity contribution in [3.8, 4) is 5.75 Å². The van der Waals surface area contributed by atoms with Crippen molar-refractivity contribution in [1.82, 2.24) is 10.0 Å². The molecule has 7 heteroatoms. The van der Waals surface area contributed by atoms with E-state index in [1.54, 1.807) is 37.5 Å². The summed E-state index contributed by atoms with van der Waals surface area (Å²) < 4.78 is 32.2. The van der Waals surface area contributed by atoms with Crippen molar-refractivity contribution in [2.45, 2.75) is 43.2 Å². The highest BCUT2D eigenvalue weighted by Crippen LogP contribution is 2.22. The van der Waals surface area contributed by atoms with Crippen molar-refractivity contribution in [3.05, 3.63) is 65.7 Å². The van der Waals surface area contributed by atoms with Crippen LogP contribution in [0.5, 0.6) is 5.75 Å². The molecule has 0 aliphatic heterocycles. The average Bonchev–Trinajstić information content (AvgIpc) is 3.50. The molecule has 3 rings (SSSR count). The van der Waals surface area contributed by atoms with E-state index in [4.69, 9.17) is 4.74 Å². The van der Waals surface area contributed by atoms with Crippen LogP contribution in [0.25, 0.3) is 6.08 Å². The molecule has 0 radical (unpaired) electrons. The van der Waals surface area contributed by atoms with Crippen LogP contribution >= 0.6 is 0 Å². The number of rotatable bonds is 9. The average molecular weight is 415 g/mol. The second-order valence-electron chi connectivity index (χ2n) is 7.26. The zero-order valence-corrected chi connectivity index (χ0v) is 17.4. The Labute approximate surface area is 172 Å². The molecule has 0 saturated heterocycles. The molecule has 1 aliphatic carbocycles. The number of carbonyl (C=O) groups excluding carboxylic acids is 1. The third-order valence-electron chi connectivity index (χ3n) is 4.58. The number of nitrogens with one attached hydrogen (secondary N) is 2. The second kappa shape index (κ2) is 9.24. The van der Waals surface area contributed by atoms with E-state index in [0.717, 1.165) is 29.7 Å².